The Kier molecular flexibility index (Phi) is 4.32. The lowest BCUT2D eigenvalue weighted by Gasteiger charge is -2.43. The smallest absolute Gasteiger partial charge is 0.313 e. The van der Waals surface area contributed by atoms with Crippen molar-refractivity contribution in [2.45, 2.75) is 38.3 Å². The lowest BCUT2D eigenvalue weighted by Crippen LogP contribution is -2.56. The Labute approximate surface area is 151 Å². The Morgan fingerprint density at radius 2 is 2.04 bits per heavy atom. The summed E-state index contributed by atoms with van der Waals surface area (Å²) in [6.45, 7) is 1.41. The second-order valence-electron chi connectivity index (χ2n) is 7.83. The normalized spacial score (nSPS) is 26.9. The second-order valence-corrected chi connectivity index (χ2v) is 7.83. The number of carboxylic acids is 1. The van der Waals surface area contributed by atoms with Gasteiger partial charge in [0.15, 0.2) is 5.43 Å². The molecule has 0 unspecified atom stereocenters. The molecule has 1 aromatic carbocycles. The second kappa shape index (κ2) is 6.52. The van der Waals surface area contributed by atoms with Gasteiger partial charge in [-0.2, -0.15) is 0 Å². The molecule has 26 heavy (non-hydrogen) atoms. The Hall–Kier alpha value is -2.18. The standard InChI is InChI=1S/C20H24N2O4/c23-17-9-14(21-16-4-2-1-3-15(16)17)11-22-8-7-18(24)20(12-22,19(25)26)10-13-5-6-13/h1-4,9,13,18,24H,5-8,10-12H2,(H,21,23)(H,25,26)/t18-,20-/m1/s1. The molecule has 0 bridgehead atoms. The number of pyridine rings is 1. The quantitative estimate of drug-likeness (QED) is 0.761. The van der Waals surface area contributed by atoms with Crippen molar-refractivity contribution < 1.29 is 15.0 Å². The van der Waals surface area contributed by atoms with Crippen LogP contribution >= 0.6 is 0 Å². The highest BCUT2D eigenvalue weighted by Crippen LogP contribution is 2.45. The number of H-pyrrole nitrogens is 1. The summed E-state index contributed by atoms with van der Waals surface area (Å²) in [6, 6.07) is 8.97. The van der Waals surface area contributed by atoms with Crippen molar-refractivity contribution in [3.05, 3.63) is 46.2 Å². The van der Waals surface area contributed by atoms with E-state index in [4.69, 9.17) is 0 Å². The predicted molar refractivity (Wildman–Crippen MR) is 97.9 cm³/mol. The van der Waals surface area contributed by atoms with E-state index in [-0.39, 0.29) is 5.43 Å². The van der Waals surface area contributed by atoms with Gasteiger partial charge in [0.2, 0.25) is 0 Å². The van der Waals surface area contributed by atoms with Gasteiger partial charge in [0.25, 0.3) is 0 Å². The van der Waals surface area contributed by atoms with Crippen LogP contribution in [0.15, 0.2) is 35.1 Å². The maximum absolute atomic E-state index is 12.3. The molecule has 0 spiro atoms. The van der Waals surface area contributed by atoms with Crippen molar-refractivity contribution in [2.24, 2.45) is 11.3 Å². The molecule has 1 saturated heterocycles. The molecule has 2 fully saturated rings. The fourth-order valence-electron chi connectivity index (χ4n) is 4.21. The maximum Gasteiger partial charge on any atom is 0.313 e. The number of piperidine rings is 1. The van der Waals surface area contributed by atoms with Crippen LogP contribution in [-0.4, -0.2) is 45.3 Å². The van der Waals surface area contributed by atoms with Crippen LogP contribution < -0.4 is 5.43 Å². The zero-order valence-electron chi connectivity index (χ0n) is 14.6. The number of para-hydroxylation sites is 1. The SMILES string of the molecule is O=C(O)[C@]1(CC2CC2)CN(Cc2cc(=O)c3ccccc3[nH]2)CC[C@H]1O. The number of nitrogens with zero attached hydrogens (tertiary/aromatic N) is 1. The van der Waals surface area contributed by atoms with Gasteiger partial charge < -0.3 is 15.2 Å². The molecular weight excluding hydrogens is 332 g/mol. The molecule has 138 valence electrons. The molecule has 4 rings (SSSR count). The van der Waals surface area contributed by atoms with Crippen LogP contribution in [0.5, 0.6) is 0 Å². The number of aliphatic hydroxyl groups is 1. The number of hydrogen-bond acceptors (Lipinski definition) is 4. The number of aliphatic carboxylic acids is 1. The van der Waals surface area contributed by atoms with Gasteiger partial charge in [0.1, 0.15) is 5.41 Å². The molecule has 6 heteroatoms. The molecule has 1 aliphatic heterocycles. The van der Waals surface area contributed by atoms with Crippen molar-refractivity contribution >= 4 is 16.9 Å². The largest absolute Gasteiger partial charge is 0.481 e. The Bertz CT molecular complexity index is 889. The molecule has 2 aromatic rings. The summed E-state index contributed by atoms with van der Waals surface area (Å²) < 4.78 is 0. The zero-order chi connectivity index (χ0) is 18.3. The van der Waals surface area contributed by atoms with E-state index in [1.807, 2.05) is 23.1 Å². The van der Waals surface area contributed by atoms with Gasteiger partial charge in [0.05, 0.1) is 6.10 Å². The van der Waals surface area contributed by atoms with Crippen LogP contribution in [-0.2, 0) is 11.3 Å². The highest BCUT2D eigenvalue weighted by molar-refractivity contribution is 5.78. The summed E-state index contributed by atoms with van der Waals surface area (Å²) in [5, 5.41) is 21.0. The first-order valence-corrected chi connectivity index (χ1v) is 9.23. The third kappa shape index (κ3) is 3.15. The molecule has 1 aromatic heterocycles. The lowest BCUT2D eigenvalue weighted by atomic mass is 9.73. The molecule has 2 aliphatic rings. The zero-order valence-corrected chi connectivity index (χ0v) is 14.6. The number of aromatic nitrogens is 1. The number of carboxylic acid groups (broad SMARTS) is 1. The number of fused-ring (bicyclic) bond motifs is 1. The number of rotatable bonds is 5. The molecule has 6 nitrogen and oxygen atoms in total. The van der Waals surface area contributed by atoms with Gasteiger partial charge >= 0.3 is 5.97 Å². The number of benzene rings is 1. The van der Waals surface area contributed by atoms with Crippen LogP contribution in [0.1, 0.15) is 31.4 Å². The minimum absolute atomic E-state index is 0.0335. The van der Waals surface area contributed by atoms with Crippen molar-refractivity contribution in [1.29, 1.82) is 0 Å². The fraction of sp³-hybridized carbons (Fsp3) is 0.500. The first-order valence-electron chi connectivity index (χ1n) is 9.23. The Morgan fingerprint density at radius 1 is 1.27 bits per heavy atom. The van der Waals surface area contributed by atoms with E-state index in [0.29, 0.717) is 43.8 Å². The van der Waals surface area contributed by atoms with E-state index in [0.717, 1.165) is 24.1 Å². The van der Waals surface area contributed by atoms with E-state index in [9.17, 15) is 19.8 Å². The van der Waals surface area contributed by atoms with Gasteiger partial charge in [-0.3, -0.25) is 14.5 Å². The summed E-state index contributed by atoms with van der Waals surface area (Å²) in [5.41, 5.74) is 0.426. The summed E-state index contributed by atoms with van der Waals surface area (Å²) in [7, 11) is 0. The first kappa shape index (κ1) is 17.2. The number of aromatic amines is 1. The predicted octanol–water partition coefficient (Wildman–Crippen LogP) is 1.97. The Balaban J connectivity index is 1.58. The minimum Gasteiger partial charge on any atom is -0.481 e. The number of carbonyl (C=O) groups is 1. The van der Waals surface area contributed by atoms with Crippen molar-refractivity contribution in [3.63, 3.8) is 0 Å². The monoisotopic (exact) mass is 356 g/mol. The topological polar surface area (TPSA) is 93.6 Å². The van der Waals surface area contributed by atoms with Crippen LogP contribution in [0.3, 0.4) is 0 Å². The van der Waals surface area contributed by atoms with Gasteiger partial charge in [0, 0.05) is 42.3 Å². The Morgan fingerprint density at radius 3 is 2.77 bits per heavy atom. The summed E-state index contributed by atoms with van der Waals surface area (Å²) in [5.74, 6) is -0.491. The average molecular weight is 356 g/mol. The third-order valence-electron chi connectivity index (χ3n) is 5.83. The van der Waals surface area contributed by atoms with Crippen molar-refractivity contribution in [1.82, 2.24) is 9.88 Å². The molecule has 0 radical (unpaired) electrons. The number of nitrogens with one attached hydrogen (secondary N) is 1. The molecule has 2 heterocycles. The average Bonchev–Trinajstić information content (AvgIpc) is 3.42. The maximum atomic E-state index is 12.3. The van der Waals surface area contributed by atoms with Gasteiger partial charge in [-0.05, 0) is 30.9 Å². The molecule has 1 aliphatic carbocycles. The van der Waals surface area contributed by atoms with E-state index < -0.39 is 17.5 Å². The molecular formula is C20H24N2O4. The molecule has 0 amide bonds. The van der Waals surface area contributed by atoms with E-state index in [1.165, 1.54) is 0 Å². The van der Waals surface area contributed by atoms with E-state index in [2.05, 4.69) is 4.98 Å². The van der Waals surface area contributed by atoms with E-state index >= 15 is 0 Å². The third-order valence-corrected chi connectivity index (χ3v) is 5.83. The van der Waals surface area contributed by atoms with Gasteiger partial charge in [-0.25, -0.2) is 0 Å². The summed E-state index contributed by atoms with van der Waals surface area (Å²) in [4.78, 5) is 29.7. The van der Waals surface area contributed by atoms with Crippen LogP contribution in [0.25, 0.3) is 10.9 Å². The molecule has 1 saturated carbocycles. The van der Waals surface area contributed by atoms with Gasteiger partial charge in [-0.1, -0.05) is 25.0 Å². The fourth-order valence-corrected chi connectivity index (χ4v) is 4.21. The summed E-state index contributed by atoms with van der Waals surface area (Å²) in [6.07, 6.45) is 2.28. The van der Waals surface area contributed by atoms with Crippen LogP contribution in [0, 0.1) is 11.3 Å². The molecule has 3 N–H and O–H groups in total. The minimum atomic E-state index is -1.10. The van der Waals surface area contributed by atoms with Gasteiger partial charge in [-0.15, -0.1) is 0 Å². The van der Waals surface area contributed by atoms with Crippen LogP contribution in [0.4, 0.5) is 0 Å². The highest BCUT2D eigenvalue weighted by atomic mass is 16.4. The van der Waals surface area contributed by atoms with Crippen LogP contribution in [0.2, 0.25) is 0 Å². The number of likely N-dealkylation sites (tertiary alicyclic amines) is 1. The number of aliphatic hydroxyl groups excluding tert-OH is 1. The van der Waals surface area contributed by atoms with E-state index in [1.54, 1.807) is 12.1 Å². The highest BCUT2D eigenvalue weighted by Gasteiger charge is 2.51. The summed E-state index contributed by atoms with van der Waals surface area (Å²) >= 11 is 0. The lowest BCUT2D eigenvalue weighted by molar-refractivity contribution is -0.165. The molecule has 2 atom stereocenters. The number of hydrogen-bond donors (Lipinski definition) is 3. The van der Waals surface area contributed by atoms with Crippen molar-refractivity contribution in [3.8, 4) is 0 Å². The first-order chi connectivity index (χ1) is 12.5. The van der Waals surface area contributed by atoms with Crippen molar-refractivity contribution in [2.75, 3.05) is 13.1 Å².